The van der Waals surface area contributed by atoms with Gasteiger partial charge in [0.05, 0.1) is 18.8 Å². The second-order valence-corrected chi connectivity index (χ2v) is 5.33. The Labute approximate surface area is 130 Å². The molecule has 0 aliphatic heterocycles. The average molecular weight is 309 g/mol. The van der Waals surface area contributed by atoms with Crippen molar-refractivity contribution < 1.29 is 23.8 Å². The number of benzene rings is 1. The molecule has 1 rings (SSSR count). The smallest absolute Gasteiger partial charge is 0.338 e. The van der Waals surface area contributed by atoms with Gasteiger partial charge in [0.25, 0.3) is 5.91 Å². The van der Waals surface area contributed by atoms with E-state index in [2.05, 4.69) is 5.32 Å². The highest BCUT2D eigenvalue weighted by atomic mass is 16.5. The molecule has 6 heteroatoms. The number of hydrogen-bond acceptors (Lipinski definition) is 5. The molecule has 122 valence electrons. The molecule has 1 N–H and O–H groups in total. The van der Waals surface area contributed by atoms with E-state index < -0.39 is 5.97 Å². The lowest BCUT2D eigenvalue weighted by atomic mass is 10.2. The molecule has 1 amide bonds. The molecule has 0 aliphatic carbocycles. The third kappa shape index (κ3) is 5.63. The second kappa shape index (κ2) is 8.26. The maximum Gasteiger partial charge on any atom is 0.338 e. The number of carbonyl (C=O) groups excluding carboxylic acids is 2. The van der Waals surface area contributed by atoms with Gasteiger partial charge in [0.15, 0.2) is 18.1 Å². The van der Waals surface area contributed by atoms with Gasteiger partial charge in [-0.25, -0.2) is 4.79 Å². The lowest BCUT2D eigenvalue weighted by Crippen LogP contribution is -2.33. The maximum atomic E-state index is 11.9. The second-order valence-electron chi connectivity index (χ2n) is 5.33. The molecule has 0 saturated carbocycles. The Morgan fingerprint density at radius 1 is 1.14 bits per heavy atom. The minimum absolute atomic E-state index is 0.00115. The van der Waals surface area contributed by atoms with E-state index in [4.69, 9.17) is 14.2 Å². The molecule has 0 fully saturated rings. The Hall–Kier alpha value is -2.24. The van der Waals surface area contributed by atoms with Crippen LogP contribution in [0.15, 0.2) is 18.2 Å². The van der Waals surface area contributed by atoms with Crippen LogP contribution in [0.4, 0.5) is 0 Å². The first-order valence-electron chi connectivity index (χ1n) is 7.14. The van der Waals surface area contributed by atoms with Gasteiger partial charge in [0, 0.05) is 6.04 Å². The van der Waals surface area contributed by atoms with E-state index in [1.54, 1.807) is 12.1 Å². The van der Waals surface area contributed by atoms with Crippen molar-refractivity contribution in [3.63, 3.8) is 0 Å². The lowest BCUT2D eigenvalue weighted by Gasteiger charge is -2.14. The van der Waals surface area contributed by atoms with Crippen molar-refractivity contribution >= 4 is 11.9 Å². The molecule has 6 nitrogen and oxygen atoms in total. The van der Waals surface area contributed by atoms with Crippen LogP contribution in [0.5, 0.6) is 11.5 Å². The maximum absolute atomic E-state index is 11.9. The molecule has 0 radical (unpaired) electrons. The summed E-state index contributed by atoms with van der Waals surface area (Å²) in [6, 6.07) is 4.74. The fourth-order valence-corrected chi connectivity index (χ4v) is 1.72. The van der Waals surface area contributed by atoms with Gasteiger partial charge in [0.1, 0.15) is 0 Å². The quantitative estimate of drug-likeness (QED) is 0.781. The van der Waals surface area contributed by atoms with E-state index in [0.29, 0.717) is 17.1 Å². The third-order valence-corrected chi connectivity index (χ3v) is 2.55. The molecule has 0 aliphatic rings. The Morgan fingerprint density at radius 3 is 2.36 bits per heavy atom. The summed E-state index contributed by atoms with van der Waals surface area (Å²) in [5.41, 5.74) is 0.297. The van der Waals surface area contributed by atoms with Crippen LogP contribution in [0.1, 0.15) is 38.1 Å². The predicted octanol–water partition coefficient (Wildman–Crippen LogP) is 2.16. The monoisotopic (exact) mass is 309 g/mol. The summed E-state index contributed by atoms with van der Waals surface area (Å²) >= 11 is 0. The fraction of sp³-hybridized carbons (Fsp3) is 0.500. The van der Waals surface area contributed by atoms with Gasteiger partial charge < -0.3 is 19.5 Å². The third-order valence-electron chi connectivity index (χ3n) is 2.55. The highest BCUT2D eigenvalue weighted by Gasteiger charge is 2.14. The van der Waals surface area contributed by atoms with Crippen LogP contribution in [0.3, 0.4) is 0 Å². The summed E-state index contributed by atoms with van der Waals surface area (Å²) in [5, 5.41) is 2.64. The molecule has 22 heavy (non-hydrogen) atoms. The van der Waals surface area contributed by atoms with E-state index in [1.807, 2.05) is 27.7 Å². The van der Waals surface area contributed by atoms with Crippen LogP contribution in [-0.2, 0) is 9.53 Å². The van der Waals surface area contributed by atoms with E-state index in [1.165, 1.54) is 13.2 Å². The van der Waals surface area contributed by atoms with E-state index in [0.717, 1.165) is 0 Å². The van der Waals surface area contributed by atoms with Crippen LogP contribution in [-0.4, -0.2) is 37.7 Å². The zero-order chi connectivity index (χ0) is 16.7. The minimum atomic E-state index is -0.590. The van der Waals surface area contributed by atoms with Crippen molar-refractivity contribution in [3.05, 3.63) is 23.8 Å². The number of hydrogen-bond donors (Lipinski definition) is 1. The van der Waals surface area contributed by atoms with Crippen LogP contribution >= 0.6 is 0 Å². The van der Waals surface area contributed by atoms with Gasteiger partial charge in [-0.15, -0.1) is 0 Å². The fourth-order valence-electron chi connectivity index (χ4n) is 1.72. The first kappa shape index (κ1) is 17.8. The molecule has 1 aromatic carbocycles. The molecule has 1 aromatic rings. The Kier molecular flexibility index (Phi) is 6.69. The average Bonchev–Trinajstić information content (AvgIpc) is 2.43. The topological polar surface area (TPSA) is 73.9 Å². The Morgan fingerprint density at radius 2 is 1.82 bits per heavy atom. The van der Waals surface area contributed by atoms with Crippen LogP contribution in [0.25, 0.3) is 0 Å². The zero-order valence-electron chi connectivity index (χ0n) is 13.6. The highest BCUT2D eigenvalue weighted by Crippen LogP contribution is 2.29. The number of rotatable bonds is 7. The predicted molar refractivity (Wildman–Crippen MR) is 82.3 cm³/mol. The molecule has 0 aromatic heterocycles. The number of nitrogens with one attached hydrogen (secondary N) is 1. The van der Waals surface area contributed by atoms with Crippen molar-refractivity contribution in [1.29, 1.82) is 0 Å². The summed E-state index contributed by atoms with van der Waals surface area (Å²) in [7, 11) is 1.49. The molecule has 0 bridgehead atoms. The Balaban J connectivity index is 2.71. The number of carbonyl (C=O) groups is 2. The number of ether oxygens (including phenoxy) is 3. The summed E-state index contributed by atoms with van der Waals surface area (Å²) < 4.78 is 15.7. The van der Waals surface area contributed by atoms with E-state index >= 15 is 0 Å². The minimum Gasteiger partial charge on any atom is -0.493 e. The molecular formula is C16H23NO5. The standard InChI is InChI=1S/C16H23NO5/c1-10(2)17-15(18)9-21-16(19)12-6-7-13(22-11(3)4)14(8-12)20-5/h6-8,10-11H,9H2,1-5H3,(H,17,18). The van der Waals surface area contributed by atoms with Gasteiger partial charge in [-0.3, -0.25) is 4.79 Å². The van der Waals surface area contributed by atoms with Gasteiger partial charge in [-0.05, 0) is 45.9 Å². The van der Waals surface area contributed by atoms with Crippen molar-refractivity contribution in [1.82, 2.24) is 5.32 Å². The normalized spacial score (nSPS) is 10.5. The van der Waals surface area contributed by atoms with Crippen LogP contribution in [0, 0.1) is 0 Å². The highest BCUT2D eigenvalue weighted by molar-refractivity contribution is 5.92. The van der Waals surface area contributed by atoms with Crippen molar-refractivity contribution in [3.8, 4) is 11.5 Å². The molecule has 0 atom stereocenters. The molecule has 0 spiro atoms. The molecule has 0 heterocycles. The van der Waals surface area contributed by atoms with Crippen LogP contribution < -0.4 is 14.8 Å². The summed E-state index contributed by atoms with van der Waals surface area (Å²) in [5.74, 6) is 0.0600. The first-order chi connectivity index (χ1) is 10.3. The largest absolute Gasteiger partial charge is 0.493 e. The van der Waals surface area contributed by atoms with Crippen molar-refractivity contribution in [2.45, 2.75) is 39.8 Å². The summed E-state index contributed by atoms with van der Waals surface area (Å²) in [6.07, 6.45) is -0.00793. The molecule has 0 saturated heterocycles. The van der Waals surface area contributed by atoms with Crippen molar-refractivity contribution in [2.24, 2.45) is 0 Å². The van der Waals surface area contributed by atoms with Gasteiger partial charge in [-0.1, -0.05) is 0 Å². The molecular weight excluding hydrogens is 286 g/mol. The van der Waals surface area contributed by atoms with Crippen molar-refractivity contribution in [2.75, 3.05) is 13.7 Å². The lowest BCUT2D eigenvalue weighted by molar-refractivity contribution is -0.124. The summed E-state index contributed by atoms with van der Waals surface area (Å²) in [6.45, 7) is 7.14. The number of amides is 1. The Bertz CT molecular complexity index is 525. The zero-order valence-corrected chi connectivity index (χ0v) is 13.6. The van der Waals surface area contributed by atoms with Gasteiger partial charge >= 0.3 is 5.97 Å². The van der Waals surface area contributed by atoms with E-state index in [9.17, 15) is 9.59 Å². The molecule has 0 unspecified atom stereocenters. The summed E-state index contributed by atoms with van der Waals surface area (Å²) in [4.78, 5) is 23.4. The van der Waals surface area contributed by atoms with Gasteiger partial charge in [0.2, 0.25) is 0 Å². The SMILES string of the molecule is COc1cc(C(=O)OCC(=O)NC(C)C)ccc1OC(C)C. The number of methoxy groups -OCH3 is 1. The van der Waals surface area contributed by atoms with Gasteiger partial charge in [-0.2, -0.15) is 0 Å². The first-order valence-corrected chi connectivity index (χ1v) is 7.14. The number of esters is 1. The van der Waals surface area contributed by atoms with Crippen LogP contribution in [0.2, 0.25) is 0 Å². The van der Waals surface area contributed by atoms with E-state index in [-0.39, 0.29) is 24.7 Å².